The van der Waals surface area contributed by atoms with E-state index in [1.807, 2.05) is 0 Å². The van der Waals surface area contributed by atoms with E-state index in [0.717, 1.165) is 19.2 Å². The fourth-order valence-corrected chi connectivity index (χ4v) is 2.17. The van der Waals surface area contributed by atoms with Gasteiger partial charge in [-0.2, -0.15) is 0 Å². The zero-order valence-electron chi connectivity index (χ0n) is 12.7. The van der Waals surface area contributed by atoms with Crippen LogP contribution in [-0.4, -0.2) is 25.3 Å². The van der Waals surface area contributed by atoms with E-state index in [1.54, 1.807) is 0 Å². The van der Waals surface area contributed by atoms with Gasteiger partial charge in [-0.15, -0.1) is 0 Å². The van der Waals surface area contributed by atoms with Crippen LogP contribution in [0.1, 0.15) is 72.1 Å². The van der Waals surface area contributed by atoms with Crippen LogP contribution in [0.25, 0.3) is 0 Å². The smallest absolute Gasteiger partial charge is 0.0722 e. The molecule has 1 rings (SSSR count). The van der Waals surface area contributed by atoms with Gasteiger partial charge < -0.3 is 10.1 Å². The van der Waals surface area contributed by atoms with Crippen molar-refractivity contribution in [3.63, 3.8) is 0 Å². The van der Waals surface area contributed by atoms with Crippen LogP contribution >= 0.6 is 0 Å². The molecule has 0 aliphatic heterocycles. The van der Waals surface area contributed by atoms with Crippen molar-refractivity contribution >= 4 is 0 Å². The molecule has 1 atom stereocenters. The van der Waals surface area contributed by atoms with Gasteiger partial charge in [-0.3, -0.25) is 0 Å². The molecule has 0 saturated heterocycles. The molecule has 0 aromatic heterocycles. The molecule has 1 N–H and O–H groups in total. The molecule has 108 valence electrons. The molecule has 0 amide bonds. The molecule has 1 saturated carbocycles. The molecule has 2 nitrogen and oxygen atoms in total. The Morgan fingerprint density at radius 2 is 1.72 bits per heavy atom. The van der Waals surface area contributed by atoms with Crippen LogP contribution in [0.5, 0.6) is 0 Å². The Morgan fingerprint density at radius 1 is 1.06 bits per heavy atom. The van der Waals surface area contributed by atoms with Gasteiger partial charge in [0.25, 0.3) is 0 Å². The summed E-state index contributed by atoms with van der Waals surface area (Å²) < 4.78 is 6.03. The Morgan fingerprint density at radius 3 is 2.33 bits per heavy atom. The first-order chi connectivity index (χ1) is 8.74. The lowest BCUT2D eigenvalue weighted by molar-refractivity contribution is 0.0205. The zero-order chi connectivity index (χ0) is 13.2. The lowest BCUT2D eigenvalue weighted by Gasteiger charge is -2.22. The molecule has 0 heterocycles. The Balaban J connectivity index is 1.95. The van der Waals surface area contributed by atoms with Crippen molar-refractivity contribution in [1.29, 1.82) is 0 Å². The van der Waals surface area contributed by atoms with Crippen LogP contribution < -0.4 is 5.32 Å². The van der Waals surface area contributed by atoms with Crippen LogP contribution in [0.4, 0.5) is 0 Å². The fourth-order valence-electron chi connectivity index (χ4n) is 2.17. The maximum Gasteiger partial charge on any atom is 0.0722 e. The Bertz CT molecular complexity index is 190. The highest BCUT2D eigenvalue weighted by Crippen LogP contribution is 2.19. The molecular formula is C16H33NO. The SMILES string of the molecule is CCCCCCCCOC(CNC1CC1)C(C)C. The lowest BCUT2D eigenvalue weighted by Crippen LogP contribution is -2.34. The van der Waals surface area contributed by atoms with Crippen LogP contribution in [0.15, 0.2) is 0 Å². The first-order valence-corrected chi connectivity index (χ1v) is 8.09. The highest BCUT2D eigenvalue weighted by atomic mass is 16.5. The predicted octanol–water partition coefficient (Wildman–Crippen LogP) is 4.14. The molecule has 0 aromatic carbocycles. The van der Waals surface area contributed by atoms with Crippen LogP contribution in [0.3, 0.4) is 0 Å². The van der Waals surface area contributed by atoms with Gasteiger partial charge in [-0.25, -0.2) is 0 Å². The topological polar surface area (TPSA) is 21.3 Å². The second-order valence-electron chi connectivity index (χ2n) is 6.10. The summed E-state index contributed by atoms with van der Waals surface area (Å²) >= 11 is 0. The number of hydrogen-bond donors (Lipinski definition) is 1. The average Bonchev–Trinajstić information content (AvgIpc) is 3.15. The molecule has 1 aliphatic rings. The molecule has 18 heavy (non-hydrogen) atoms. The largest absolute Gasteiger partial charge is 0.377 e. The first-order valence-electron chi connectivity index (χ1n) is 8.09. The third-order valence-electron chi connectivity index (χ3n) is 3.76. The quantitative estimate of drug-likeness (QED) is 0.529. The van der Waals surface area contributed by atoms with Crippen molar-refractivity contribution in [2.75, 3.05) is 13.2 Å². The van der Waals surface area contributed by atoms with Gasteiger partial charge in [0.05, 0.1) is 6.10 Å². The van der Waals surface area contributed by atoms with E-state index in [-0.39, 0.29) is 0 Å². The van der Waals surface area contributed by atoms with Crippen molar-refractivity contribution in [1.82, 2.24) is 5.32 Å². The molecular weight excluding hydrogens is 222 g/mol. The molecule has 1 fully saturated rings. The molecule has 0 aromatic rings. The molecule has 0 spiro atoms. The van der Waals surface area contributed by atoms with Gasteiger partial charge in [-0.1, -0.05) is 52.9 Å². The van der Waals surface area contributed by atoms with E-state index in [1.165, 1.54) is 51.4 Å². The monoisotopic (exact) mass is 255 g/mol. The summed E-state index contributed by atoms with van der Waals surface area (Å²) in [5.41, 5.74) is 0. The van der Waals surface area contributed by atoms with Gasteiger partial charge in [0.1, 0.15) is 0 Å². The maximum atomic E-state index is 6.03. The van der Waals surface area contributed by atoms with Crippen molar-refractivity contribution in [3.05, 3.63) is 0 Å². The van der Waals surface area contributed by atoms with Crippen molar-refractivity contribution in [2.45, 2.75) is 84.3 Å². The number of unbranched alkanes of at least 4 members (excludes halogenated alkanes) is 5. The van der Waals surface area contributed by atoms with Gasteiger partial charge in [0.2, 0.25) is 0 Å². The minimum atomic E-state index is 0.404. The normalized spacial score (nSPS) is 17.3. The molecule has 1 unspecified atom stereocenters. The van der Waals surface area contributed by atoms with Crippen LogP contribution in [0.2, 0.25) is 0 Å². The van der Waals surface area contributed by atoms with E-state index < -0.39 is 0 Å². The summed E-state index contributed by atoms with van der Waals surface area (Å²) in [7, 11) is 0. The minimum Gasteiger partial charge on any atom is -0.377 e. The summed E-state index contributed by atoms with van der Waals surface area (Å²) in [6.45, 7) is 8.78. The van der Waals surface area contributed by atoms with Crippen LogP contribution in [0, 0.1) is 5.92 Å². The van der Waals surface area contributed by atoms with Gasteiger partial charge in [-0.05, 0) is 25.2 Å². The maximum absolute atomic E-state index is 6.03. The highest BCUT2D eigenvalue weighted by molar-refractivity contribution is 4.82. The second-order valence-corrected chi connectivity index (χ2v) is 6.10. The van der Waals surface area contributed by atoms with E-state index >= 15 is 0 Å². The molecule has 0 bridgehead atoms. The number of rotatable bonds is 12. The van der Waals surface area contributed by atoms with E-state index in [9.17, 15) is 0 Å². The third-order valence-corrected chi connectivity index (χ3v) is 3.76. The number of hydrogen-bond acceptors (Lipinski definition) is 2. The predicted molar refractivity (Wildman–Crippen MR) is 79.0 cm³/mol. The minimum absolute atomic E-state index is 0.404. The third kappa shape index (κ3) is 8.10. The standard InChI is InChI=1S/C16H33NO/c1-4-5-6-7-8-9-12-18-16(14(2)3)13-17-15-10-11-15/h14-17H,4-13H2,1-3H3. The van der Waals surface area contributed by atoms with Gasteiger partial charge >= 0.3 is 0 Å². The molecule has 0 radical (unpaired) electrons. The van der Waals surface area contributed by atoms with Gasteiger partial charge in [0, 0.05) is 19.2 Å². The second kappa shape index (κ2) is 9.80. The Kier molecular flexibility index (Phi) is 8.70. The molecule has 1 aliphatic carbocycles. The lowest BCUT2D eigenvalue weighted by atomic mass is 10.1. The summed E-state index contributed by atoms with van der Waals surface area (Å²) in [5, 5.41) is 3.58. The van der Waals surface area contributed by atoms with Crippen LogP contribution in [-0.2, 0) is 4.74 Å². The Hall–Kier alpha value is -0.0800. The van der Waals surface area contributed by atoms with E-state index in [0.29, 0.717) is 12.0 Å². The molecule has 2 heteroatoms. The first kappa shape index (κ1) is 16.0. The Labute approximate surface area is 114 Å². The zero-order valence-corrected chi connectivity index (χ0v) is 12.7. The van der Waals surface area contributed by atoms with Gasteiger partial charge in [0.15, 0.2) is 0 Å². The summed E-state index contributed by atoms with van der Waals surface area (Å²) in [5.74, 6) is 0.622. The summed E-state index contributed by atoms with van der Waals surface area (Å²) in [6.07, 6.45) is 11.2. The van der Waals surface area contributed by atoms with Crippen molar-refractivity contribution in [2.24, 2.45) is 5.92 Å². The number of nitrogens with one attached hydrogen (secondary N) is 1. The highest BCUT2D eigenvalue weighted by Gasteiger charge is 2.23. The van der Waals surface area contributed by atoms with Crippen molar-refractivity contribution < 1.29 is 4.74 Å². The summed E-state index contributed by atoms with van der Waals surface area (Å²) in [4.78, 5) is 0. The summed E-state index contributed by atoms with van der Waals surface area (Å²) in [6, 6.07) is 0.795. The average molecular weight is 255 g/mol. The van der Waals surface area contributed by atoms with Crippen molar-refractivity contribution in [3.8, 4) is 0 Å². The number of ether oxygens (including phenoxy) is 1. The van der Waals surface area contributed by atoms with E-state index in [4.69, 9.17) is 4.74 Å². The fraction of sp³-hybridized carbons (Fsp3) is 1.00. The van der Waals surface area contributed by atoms with E-state index in [2.05, 4.69) is 26.1 Å².